The zero-order valence-electron chi connectivity index (χ0n) is 11.0. The molecule has 2 aromatic rings. The molecule has 1 aromatic carbocycles. The summed E-state index contributed by atoms with van der Waals surface area (Å²) >= 11 is 1.47. The largest absolute Gasteiger partial charge is 0.497 e. The fraction of sp³-hybridized carbons (Fsp3) is 0.231. The molecule has 1 N–H and O–H groups in total. The van der Waals surface area contributed by atoms with Gasteiger partial charge in [0.25, 0.3) is 0 Å². The second-order valence-corrected chi connectivity index (χ2v) is 4.38. The number of benzene rings is 1. The third-order valence-electron chi connectivity index (χ3n) is 2.40. The number of nitrogens with zero attached hydrogens (tertiary/aromatic N) is 2. The summed E-state index contributed by atoms with van der Waals surface area (Å²) in [6, 6.07) is 9.09. The van der Waals surface area contributed by atoms with Crippen LogP contribution in [0.5, 0.6) is 17.4 Å². The van der Waals surface area contributed by atoms with E-state index in [0.717, 1.165) is 11.6 Å². The maximum atomic E-state index is 5.70. The van der Waals surface area contributed by atoms with E-state index >= 15 is 0 Å². The van der Waals surface area contributed by atoms with Crippen molar-refractivity contribution in [1.29, 1.82) is 0 Å². The first kappa shape index (κ1) is 13.5. The molecule has 0 aliphatic carbocycles. The Morgan fingerprint density at radius 2 is 1.79 bits per heavy atom. The van der Waals surface area contributed by atoms with Crippen LogP contribution in [0.1, 0.15) is 0 Å². The molecule has 1 heterocycles. The number of aromatic nitrogens is 2. The van der Waals surface area contributed by atoms with Crippen LogP contribution in [-0.4, -0.2) is 30.4 Å². The fourth-order valence-electron chi connectivity index (χ4n) is 1.44. The molecule has 19 heavy (non-hydrogen) atoms. The van der Waals surface area contributed by atoms with Crippen LogP contribution >= 0.6 is 11.8 Å². The highest BCUT2D eigenvalue weighted by Gasteiger charge is 2.05. The van der Waals surface area contributed by atoms with Gasteiger partial charge < -0.3 is 14.8 Å². The van der Waals surface area contributed by atoms with Crippen LogP contribution in [0.15, 0.2) is 35.5 Å². The van der Waals surface area contributed by atoms with Crippen molar-refractivity contribution in [2.75, 3.05) is 25.7 Å². The van der Waals surface area contributed by atoms with Gasteiger partial charge >= 0.3 is 0 Å². The maximum Gasteiger partial charge on any atom is 0.225 e. The zero-order chi connectivity index (χ0) is 13.7. The molecule has 0 unspecified atom stereocenters. The van der Waals surface area contributed by atoms with Crippen LogP contribution in [0.2, 0.25) is 0 Å². The Kier molecular flexibility index (Phi) is 4.46. The van der Waals surface area contributed by atoms with Crippen LogP contribution in [-0.2, 0) is 0 Å². The molecule has 0 aliphatic heterocycles. The van der Waals surface area contributed by atoms with E-state index in [1.165, 1.54) is 11.8 Å². The molecule has 0 atom stereocenters. The number of anilines is 1. The average Bonchev–Trinajstić information content (AvgIpc) is 2.47. The molecule has 0 bridgehead atoms. The van der Waals surface area contributed by atoms with Crippen LogP contribution in [0.25, 0.3) is 0 Å². The van der Waals surface area contributed by atoms with Crippen molar-refractivity contribution in [2.45, 2.75) is 5.16 Å². The van der Waals surface area contributed by atoms with Crippen molar-refractivity contribution in [3.8, 4) is 17.4 Å². The van der Waals surface area contributed by atoms with Crippen LogP contribution < -0.4 is 14.8 Å². The first-order chi connectivity index (χ1) is 9.25. The standard InChI is InChI=1S/C13H15N3O2S/c1-14-11-8-12(16-13(15-11)19-3)18-10-6-4-9(17-2)5-7-10/h4-8H,1-3H3,(H,14,15,16). The topological polar surface area (TPSA) is 56.3 Å². The Bertz CT molecular complexity index is 524. The van der Waals surface area contributed by atoms with Gasteiger partial charge in [-0.3, -0.25) is 0 Å². The number of ether oxygens (including phenoxy) is 2. The van der Waals surface area contributed by atoms with Gasteiger partial charge in [-0.1, -0.05) is 11.8 Å². The quantitative estimate of drug-likeness (QED) is 0.669. The lowest BCUT2D eigenvalue weighted by molar-refractivity contribution is 0.412. The van der Waals surface area contributed by atoms with Gasteiger partial charge in [0, 0.05) is 13.1 Å². The van der Waals surface area contributed by atoms with Crippen molar-refractivity contribution in [3.05, 3.63) is 30.3 Å². The summed E-state index contributed by atoms with van der Waals surface area (Å²) in [5, 5.41) is 3.64. The first-order valence-corrected chi connectivity index (χ1v) is 6.90. The van der Waals surface area contributed by atoms with E-state index in [0.29, 0.717) is 16.8 Å². The van der Waals surface area contributed by atoms with Crippen molar-refractivity contribution in [1.82, 2.24) is 9.97 Å². The highest BCUT2D eigenvalue weighted by atomic mass is 32.2. The minimum Gasteiger partial charge on any atom is -0.497 e. The van der Waals surface area contributed by atoms with Crippen molar-refractivity contribution in [2.24, 2.45) is 0 Å². The summed E-state index contributed by atoms with van der Waals surface area (Å²) in [6.45, 7) is 0. The highest BCUT2D eigenvalue weighted by Crippen LogP contribution is 2.25. The van der Waals surface area contributed by atoms with E-state index < -0.39 is 0 Å². The maximum absolute atomic E-state index is 5.70. The third-order valence-corrected chi connectivity index (χ3v) is 2.95. The molecule has 0 amide bonds. The number of nitrogens with one attached hydrogen (secondary N) is 1. The molecular formula is C13H15N3O2S. The molecule has 0 fully saturated rings. The molecule has 0 radical (unpaired) electrons. The summed E-state index contributed by atoms with van der Waals surface area (Å²) < 4.78 is 10.8. The summed E-state index contributed by atoms with van der Waals surface area (Å²) in [6.07, 6.45) is 1.92. The number of methoxy groups -OCH3 is 1. The minimum absolute atomic E-state index is 0.508. The Hall–Kier alpha value is -1.95. The summed E-state index contributed by atoms with van der Waals surface area (Å²) in [5.74, 6) is 2.72. The second kappa shape index (κ2) is 6.29. The Morgan fingerprint density at radius 3 is 2.37 bits per heavy atom. The zero-order valence-corrected chi connectivity index (χ0v) is 11.8. The van der Waals surface area contributed by atoms with E-state index in [-0.39, 0.29) is 0 Å². The molecule has 0 aliphatic rings. The van der Waals surface area contributed by atoms with Crippen molar-refractivity contribution < 1.29 is 9.47 Å². The molecule has 0 saturated carbocycles. The van der Waals surface area contributed by atoms with Gasteiger partial charge in [0.05, 0.1) is 7.11 Å². The van der Waals surface area contributed by atoms with E-state index in [1.54, 1.807) is 13.2 Å². The predicted molar refractivity (Wildman–Crippen MR) is 76.4 cm³/mol. The molecular weight excluding hydrogens is 262 g/mol. The van der Waals surface area contributed by atoms with Gasteiger partial charge in [-0.15, -0.1) is 0 Å². The molecule has 5 nitrogen and oxygen atoms in total. The Morgan fingerprint density at radius 1 is 1.11 bits per heavy atom. The third kappa shape index (κ3) is 3.51. The summed E-state index contributed by atoms with van der Waals surface area (Å²) in [7, 11) is 3.44. The fourth-order valence-corrected chi connectivity index (χ4v) is 1.81. The van der Waals surface area contributed by atoms with Crippen molar-refractivity contribution >= 4 is 17.6 Å². The Balaban J connectivity index is 2.21. The predicted octanol–water partition coefficient (Wildman–Crippen LogP) is 3.04. The molecule has 1 aromatic heterocycles. The van der Waals surface area contributed by atoms with Crippen LogP contribution in [0.4, 0.5) is 5.82 Å². The molecule has 0 spiro atoms. The Labute approximate surface area is 116 Å². The van der Waals surface area contributed by atoms with Gasteiger partial charge in [0.1, 0.15) is 17.3 Å². The van der Waals surface area contributed by atoms with Gasteiger partial charge in [-0.05, 0) is 30.5 Å². The van der Waals surface area contributed by atoms with Gasteiger partial charge in [0.2, 0.25) is 5.88 Å². The van der Waals surface area contributed by atoms with E-state index in [2.05, 4.69) is 15.3 Å². The normalized spacial score (nSPS) is 10.1. The second-order valence-electron chi connectivity index (χ2n) is 3.61. The van der Waals surface area contributed by atoms with Crippen molar-refractivity contribution in [3.63, 3.8) is 0 Å². The van der Waals surface area contributed by atoms with Gasteiger partial charge in [-0.25, -0.2) is 4.98 Å². The van der Waals surface area contributed by atoms with E-state index in [9.17, 15) is 0 Å². The van der Waals surface area contributed by atoms with Crippen LogP contribution in [0.3, 0.4) is 0 Å². The SMILES string of the molecule is CNc1cc(Oc2ccc(OC)cc2)nc(SC)n1. The molecule has 100 valence electrons. The number of rotatable bonds is 5. The van der Waals surface area contributed by atoms with Gasteiger partial charge in [0.15, 0.2) is 5.16 Å². The summed E-state index contributed by atoms with van der Waals surface area (Å²) in [4.78, 5) is 8.58. The minimum atomic E-state index is 0.508. The lowest BCUT2D eigenvalue weighted by atomic mass is 10.3. The average molecular weight is 277 g/mol. The van der Waals surface area contributed by atoms with Gasteiger partial charge in [-0.2, -0.15) is 4.98 Å². The monoisotopic (exact) mass is 277 g/mol. The van der Waals surface area contributed by atoms with E-state index in [1.807, 2.05) is 37.6 Å². The van der Waals surface area contributed by atoms with E-state index in [4.69, 9.17) is 9.47 Å². The smallest absolute Gasteiger partial charge is 0.225 e. The molecule has 0 saturated heterocycles. The lowest BCUT2D eigenvalue weighted by Crippen LogP contribution is -1.98. The van der Waals surface area contributed by atoms with Crippen LogP contribution in [0, 0.1) is 0 Å². The molecule has 2 rings (SSSR count). The number of hydrogen-bond donors (Lipinski definition) is 1. The number of thioether (sulfide) groups is 1. The number of hydrogen-bond acceptors (Lipinski definition) is 6. The highest BCUT2D eigenvalue weighted by molar-refractivity contribution is 7.98. The first-order valence-electron chi connectivity index (χ1n) is 5.68. The summed E-state index contributed by atoms with van der Waals surface area (Å²) in [5.41, 5.74) is 0. The molecule has 6 heteroatoms. The lowest BCUT2D eigenvalue weighted by Gasteiger charge is -2.08.